The molecule has 2 aromatic rings. The maximum atomic E-state index is 12.0. The highest BCUT2D eigenvalue weighted by molar-refractivity contribution is 6.18. The van der Waals surface area contributed by atoms with E-state index in [2.05, 4.69) is 4.90 Å². The third-order valence-electron chi connectivity index (χ3n) is 4.49. The van der Waals surface area contributed by atoms with Gasteiger partial charge in [-0.05, 0) is 25.8 Å². The number of hydrogen-bond donors (Lipinski definition) is 1. The molecule has 1 aliphatic heterocycles. The summed E-state index contributed by atoms with van der Waals surface area (Å²) in [5.41, 5.74) is 1.86. The minimum atomic E-state index is -0.232. The standard InChI is InChI=1S/C15H14O4.C6H12Cl3N.ClH/c1-8-3-4-10-12(18-7-8)6-13-14(15(10)17)11(16)5-9(2)19-13;7-1-4-10(5-2-8)6-3-9;/h3,5-6,17H,4,7H2,1-2H3;1-6H2;1H. The molecule has 5 nitrogen and oxygen atoms in total. The fourth-order valence-corrected chi connectivity index (χ4v) is 3.70. The van der Waals surface area contributed by atoms with Gasteiger partial charge in [0, 0.05) is 55.0 Å². The first kappa shape index (κ1) is 26.9. The Balaban J connectivity index is 0.000000354. The van der Waals surface area contributed by atoms with Crippen molar-refractivity contribution in [3.05, 3.63) is 45.3 Å². The summed E-state index contributed by atoms with van der Waals surface area (Å²) >= 11 is 16.6. The second-order valence-corrected chi connectivity index (χ2v) is 7.88. The highest BCUT2D eigenvalue weighted by Crippen LogP contribution is 2.36. The molecule has 168 valence electrons. The van der Waals surface area contributed by atoms with Crippen molar-refractivity contribution >= 4 is 58.2 Å². The summed E-state index contributed by atoms with van der Waals surface area (Å²) < 4.78 is 11.1. The van der Waals surface area contributed by atoms with Crippen LogP contribution < -0.4 is 10.2 Å². The van der Waals surface area contributed by atoms with Crippen LogP contribution in [0.25, 0.3) is 11.0 Å². The average molecular weight is 499 g/mol. The molecule has 1 aromatic heterocycles. The highest BCUT2D eigenvalue weighted by atomic mass is 35.5. The van der Waals surface area contributed by atoms with Crippen molar-refractivity contribution < 1.29 is 14.3 Å². The lowest BCUT2D eigenvalue weighted by Gasteiger charge is -2.17. The molecule has 2 heterocycles. The van der Waals surface area contributed by atoms with Crippen LogP contribution >= 0.6 is 47.2 Å². The largest absolute Gasteiger partial charge is 0.507 e. The van der Waals surface area contributed by atoms with E-state index in [-0.39, 0.29) is 29.0 Å². The molecule has 0 unspecified atom stereocenters. The Hall–Kier alpha value is -1.11. The molecule has 1 aliphatic rings. The number of rotatable bonds is 6. The third-order valence-corrected chi connectivity index (χ3v) is 5.00. The maximum absolute atomic E-state index is 12.0. The van der Waals surface area contributed by atoms with Crippen LogP contribution in [0.3, 0.4) is 0 Å². The van der Waals surface area contributed by atoms with Gasteiger partial charge < -0.3 is 14.3 Å². The summed E-state index contributed by atoms with van der Waals surface area (Å²) in [6.45, 7) is 6.78. The van der Waals surface area contributed by atoms with Gasteiger partial charge in [0.2, 0.25) is 0 Å². The number of halogens is 4. The van der Waals surface area contributed by atoms with Gasteiger partial charge in [-0.2, -0.15) is 0 Å². The summed E-state index contributed by atoms with van der Waals surface area (Å²) in [6.07, 6.45) is 2.55. The smallest absolute Gasteiger partial charge is 0.196 e. The Bertz CT molecular complexity index is 900. The van der Waals surface area contributed by atoms with E-state index in [4.69, 9.17) is 44.0 Å². The molecule has 9 heteroatoms. The Morgan fingerprint density at radius 2 is 1.67 bits per heavy atom. The summed E-state index contributed by atoms with van der Waals surface area (Å²) in [5.74, 6) is 2.99. The summed E-state index contributed by atoms with van der Waals surface area (Å²) in [4.78, 5) is 14.1. The van der Waals surface area contributed by atoms with Gasteiger partial charge in [0.05, 0.1) is 0 Å². The molecule has 1 aromatic carbocycles. The molecule has 0 saturated carbocycles. The van der Waals surface area contributed by atoms with Gasteiger partial charge in [0.15, 0.2) is 5.43 Å². The lowest BCUT2D eigenvalue weighted by Crippen LogP contribution is -2.29. The zero-order valence-corrected chi connectivity index (χ0v) is 20.1. The van der Waals surface area contributed by atoms with E-state index >= 15 is 0 Å². The number of aromatic hydroxyl groups is 1. The Morgan fingerprint density at radius 1 is 1.07 bits per heavy atom. The predicted molar refractivity (Wildman–Crippen MR) is 128 cm³/mol. The van der Waals surface area contributed by atoms with Crippen LogP contribution in [0.2, 0.25) is 0 Å². The first-order chi connectivity index (χ1) is 13.9. The second-order valence-electron chi connectivity index (χ2n) is 6.75. The molecule has 0 spiro atoms. The molecule has 1 N–H and O–H groups in total. The summed E-state index contributed by atoms with van der Waals surface area (Å²) in [5, 5.41) is 10.5. The van der Waals surface area contributed by atoms with Gasteiger partial charge in [-0.25, -0.2) is 0 Å². The van der Waals surface area contributed by atoms with Crippen molar-refractivity contribution in [2.24, 2.45) is 0 Å². The van der Waals surface area contributed by atoms with Crippen LogP contribution in [0.15, 0.2) is 33.0 Å². The van der Waals surface area contributed by atoms with E-state index in [1.54, 1.807) is 13.0 Å². The summed E-state index contributed by atoms with van der Waals surface area (Å²) in [6, 6.07) is 3.07. The second kappa shape index (κ2) is 13.3. The fourth-order valence-electron chi connectivity index (χ4n) is 2.99. The normalized spacial score (nSPS) is 12.8. The molecule has 0 radical (unpaired) electrons. The van der Waals surface area contributed by atoms with Gasteiger partial charge in [0.25, 0.3) is 0 Å². The van der Waals surface area contributed by atoms with Gasteiger partial charge >= 0.3 is 0 Å². The Kier molecular flexibility index (Phi) is 12.0. The minimum Gasteiger partial charge on any atom is -0.507 e. The number of ether oxygens (including phenoxy) is 1. The van der Waals surface area contributed by atoms with E-state index < -0.39 is 0 Å². The molecule has 3 rings (SSSR count). The quantitative estimate of drug-likeness (QED) is 0.442. The first-order valence-corrected chi connectivity index (χ1v) is 11.0. The molecular weight excluding hydrogens is 472 g/mol. The van der Waals surface area contributed by atoms with Gasteiger partial charge in [-0.1, -0.05) is 6.08 Å². The fraction of sp³-hybridized carbons (Fsp3) is 0.476. The van der Waals surface area contributed by atoms with Crippen molar-refractivity contribution in [3.63, 3.8) is 0 Å². The number of benzene rings is 1. The Labute approximate surface area is 197 Å². The van der Waals surface area contributed by atoms with Crippen LogP contribution in [0.5, 0.6) is 11.5 Å². The van der Waals surface area contributed by atoms with E-state index in [1.807, 2.05) is 13.0 Å². The SMILES string of the molecule is CC1=CCc2c(cc3oc(C)cc(=O)c3c2O)OC1.Cl.ClCCN(CCCl)CCCl. The third kappa shape index (κ3) is 7.24. The van der Waals surface area contributed by atoms with Crippen molar-refractivity contribution in [2.45, 2.75) is 20.3 Å². The molecule has 0 bridgehead atoms. The van der Waals surface area contributed by atoms with E-state index in [9.17, 15) is 9.90 Å². The van der Waals surface area contributed by atoms with Crippen molar-refractivity contribution in [2.75, 3.05) is 43.9 Å². The number of aryl methyl sites for hydroxylation is 1. The lowest BCUT2D eigenvalue weighted by molar-refractivity contribution is 0.327. The topological polar surface area (TPSA) is 62.9 Å². The minimum absolute atomic E-state index is 0. The summed E-state index contributed by atoms with van der Waals surface area (Å²) in [7, 11) is 0. The number of phenols is 1. The van der Waals surface area contributed by atoms with E-state index in [1.165, 1.54) is 6.07 Å². The van der Waals surface area contributed by atoms with E-state index in [0.29, 0.717) is 53.3 Å². The van der Waals surface area contributed by atoms with Crippen molar-refractivity contribution in [1.82, 2.24) is 4.90 Å². The highest BCUT2D eigenvalue weighted by Gasteiger charge is 2.19. The number of nitrogens with zero attached hydrogens (tertiary/aromatic N) is 1. The maximum Gasteiger partial charge on any atom is 0.196 e. The van der Waals surface area contributed by atoms with Crippen molar-refractivity contribution in [1.29, 1.82) is 0 Å². The first-order valence-electron chi connectivity index (χ1n) is 9.39. The zero-order valence-electron chi connectivity index (χ0n) is 17.1. The van der Waals surface area contributed by atoms with Crippen LogP contribution in [0.4, 0.5) is 0 Å². The molecule has 0 fully saturated rings. The van der Waals surface area contributed by atoms with Gasteiger partial charge in [-0.15, -0.1) is 47.2 Å². The molecule has 0 aliphatic carbocycles. The number of allylic oxidation sites excluding steroid dienone is 1. The van der Waals surface area contributed by atoms with Gasteiger partial charge in [0.1, 0.15) is 34.8 Å². The molecule has 0 atom stereocenters. The predicted octanol–water partition coefficient (Wildman–Crippen LogP) is 5.11. The van der Waals surface area contributed by atoms with E-state index in [0.717, 1.165) is 25.2 Å². The number of phenolic OH excluding ortho intramolecular Hbond substituents is 1. The number of alkyl halides is 3. The molecule has 30 heavy (non-hydrogen) atoms. The van der Waals surface area contributed by atoms with Crippen molar-refractivity contribution in [3.8, 4) is 11.5 Å². The lowest BCUT2D eigenvalue weighted by atomic mass is 10.0. The molecule has 0 amide bonds. The Morgan fingerprint density at radius 3 is 2.23 bits per heavy atom. The van der Waals surface area contributed by atoms with Crippen LogP contribution in [-0.4, -0.2) is 53.9 Å². The van der Waals surface area contributed by atoms with Crippen LogP contribution in [0, 0.1) is 6.92 Å². The average Bonchev–Trinajstić information content (AvgIpc) is 2.84. The van der Waals surface area contributed by atoms with Crippen LogP contribution in [-0.2, 0) is 6.42 Å². The zero-order chi connectivity index (χ0) is 21.4. The van der Waals surface area contributed by atoms with Crippen LogP contribution in [0.1, 0.15) is 18.2 Å². The number of hydrogen-bond acceptors (Lipinski definition) is 5. The number of fused-ring (bicyclic) bond motifs is 2. The van der Waals surface area contributed by atoms with Gasteiger partial charge in [-0.3, -0.25) is 9.69 Å². The molecule has 0 saturated heterocycles. The molecular formula is C21H27Cl4NO4. The monoisotopic (exact) mass is 497 g/mol.